The number of rotatable bonds is 5. The van der Waals surface area contributed by atoms with Gasteiger partial charge in [0, 0.05) is 12.1 Å². The Morgan fingerprint density at radius 3 is 2.69 bits per heavy atom. The number of amides is 1. The number of aryl methyl sites for hydroxylation is 2. The molecule has 0 atom stereocenters. The molecule has 1 heterocycles. The van der Waals surface area contributed by atoms with Gasteiger partial charge in [-0.05, 0) is 72.7 Å². The van der Waals surface area contributed by atoms with Crippen LogP contribution in [0.25, 0.3) is 6.08 Å². The largest absolute Gasteiger partial charge is 0.496 e. The first-order chi connectivity index (χ1) is 14.2. The molecule has 1 aliphatic heterocycles. The normalized spacial score (nSPS) is 14.7. The second-order valence-electron chi connectivity index (χ2n) is 7.11. The van der Waals surface area contributed by atoms with Crippen LogP contribution >= 0.6 is 0 Å². The number of carbonyl (C=O) groups excluding carboxylic acids is 1. The van der Waals surface area contributed by atoms with Gasteiger partial charge in [0.2, 0.25) is 6.79 Å². The molecule has 0 aromatic heterocycles. The zero-order valence-corrected chi connectivity index (χ0v) is 16.3. The Hall–Kier alpha value is -3.46. The van der Waals surface area contributed by atoms with Crippen molar-refractivity contribution in [2.24, 2.45) is 0 Å². The summed E-state index contributed by atoms with van der Waals surface area (Å²) >= 11 is 0. The number of fused-ring (bicyclic) bond motifs is 2. The highest BCUT2D eigenvalue weighted by atomic mass is 16.7. The van der Waals surface area contributed by atoms with E-state index in [1.54, 1.807) is 13.2 Å². The Kier molecular flexibility index (Phi) is 5.39. The maximum absolute atomic E-state index is 12.6. The first kappa shape index (κ1) is 18.9. The maximum Gasteiger partial charge on any atom is 0.262 e. The summed E-state index contributed by atoms with van der Waals surface area (Å²) in [6, 6.07) is 11.6. The maximum atomic E-state index is 12.6. The number of ether oxygens (including phenoxy) is 3. The van der Waals surface area contributed by atoms with Gasteiger partial charge in [-0.25, -0.2) is 0 Å². The average molecular weight is 390 g/mol. The van der Waals surface area contributed by atoms with Gasteiger partial charge in [0.05, 0.1) is 7.11 Å². The van der Waals surface area contributed by atoms with Crippen molar-refractivity contribution in [2.75, 3.05) is 13.9 Å². The zero-order chi connectivity index (χ0) is 20.2. The molecular weight excluding hydrogens is 368 g/mol. The van der Waals surface area contributed by atoms with Gasteiger partial charge in [0.1, 0.15) is 17.4 Å². The minimum absolute atomic E-state index is 0.0415. The minimum atomic E-state index is -0.426. The van der Waals surface area contributed by atoms with E-state index in [0.717, 1.165) is 30.4 Å². The van der Waals surface area contributed by atoms with Gasteiger partial charge in [-0.3, -0.25) is 4.79 Å². The molecule has 0 radical (unpaired) electrons. The summed E-state index contributed by atoms with van der Waals surface area (Å²) in [5.74, 6) is 1.61. The topological polar surface area (TPSA) is 80.6 Å². The van der Waals surface area contributed by atoms with Crippen LogP contribution in [0.3, 0.4) is 0 Å². The SMILES string of the molecule is COc1cc2c(cc1C=C(C#N)C(=O)NCc1ccc3c(c1)OCO3)CCCC2. The van der Waals surface area contributed by atoms with Crippen molar-refractivity contribution in [3.8, 4) is 23.3 Å². The number of methoxy groups -OCH3 is 1. The molecule has 0 saturated heterocycles. The highest BCUT2D eigenvalue weighted by Crippen LogP contribution is 2.33. The van der Waals surface area contributed by atoms with E-state index in [-0.39, 0.29) is 18.9 Å². The van der Waals surface area contributed by atoms with E-state index in [2.05, 4.69) is 5.32 Å². The molecule has 0 bridgehead atoms. The summed E-state index contributed by atoms with van der Waals surface area (Å²) < 4.78 is 16.1. The lowest BCUT2D eigenvalue weighted by Crippen LogP contribution is -2.24. The molecule has 29 heavy (non-hydrogen) atoms. The second-order valence-corrected chi connectivity index (χ2v) is 7.11. The average Bonchev–Trinajstić information content (AvgIpc) is 3.23. The van der Waals surface area contributed by atoms with Crippen LogP contribution in [-0.4, -0.2) is 19.8 Å². The van der Waals surface area contributed by atoms with E-state index in [0.29, 0.717) is 17.2 Å². The number of nitrogens with zero attached hydrogens (tertiary/aromatic N) is 1. The zero-order valence-electron chi connectivity index (χ0n) is 16.3. The molecule has 0 unspecified atom stereocenters. The predicted molar refractivity (Wildman–Crippen MR) is 108 cm³/mol. The van der Waals surface area contributed by atoms with Crippen LogP contribution in [0.4, 0.5) is 0 Å². The lowest BCUT2D eigenvalue weighted by atomic mass is 9.89. The summed E-state index contributed by atoms with van der Waals surface area (Å²) in [7, 11) is 1.60. The molecule has 1 amide bonds. The van der Waals surface area contributed by atoms with Crippen LogP contribution in [0.15, 0.2) is 35.9 Å². The standard InChI is InChI=1S/C23H22N2O4/c1-27-21-11-17-5-3-2-4-16(17)9-18(21)10-19(12-24)23(26)25-13-15-6-7-20-22(8-15)29-14-28-20/h6-11H,2-5,13-14H2,1H3,(H,25,26). The van der Waals surface area contributed by atoms with Crippen LogP contribution in [-0.2, 0) is 24.2 Å². The Labute approximate surface area is 169 Å². The van der Waals surface area contributed by atoms with Crippen molar-refractivity contribution in [1.29, 1.82) is 5.26 Å². The molecular formula is C23H22N2O4. The highest BCUT2D eigenvalue weighted by molar-refractivity contribution is 6.02. The first-order valence-corrected chi connectivity index (χ1v) is 9.66. The second kappa shape index (κ2) is 8.27. The van der Waals surface area contributed by atoms with Gasteiger partial charge in [0.25, 0.3) is 5.91 Å². The number of benzene rings is 2. The summed E-state index contributed by atoms with van der Waals surface area (Å²) in [6.45, 7) is 0.491. The highest BCUT2D eigenvalue weighted by Gasteiger charge is 2.17. The number of hydrogen-bond donors (Lipinski definition) is 1. The number of hydrogen-bond acceptors (Lipinski definition) is 5. The minimum Gasteiger partial charge on any atom is -0.496 e. The Morgan fingerprint density at radius 1 is 1.17 bits per heavy atom. The molecule has 2 aromatic carbocycles. The van der Waals surface area contributed by atoms with E-state index in [1.165, 1.54) is 17.5 Å². The van der Waals surface area contributed by atoms with Crippen molar-refractivity contribution in [3.05, 3.63) is 58.2 Å². The summed E-state index contributed by atoms with van der Waals surface area (Å²) in [4.78, 5) is 12.6. The predicted octanol–water partition coefficient (Wildman–Crippen LogP) is 3.53. The van der Waals surface area contributed by atoms with Gasteiger partial charge in [-0.15, -0.1) is 0 Å². The van der Waals surface area contributed by atoms with Gasteiger partial charge in [-0.2, -0.15) is 5.26 Å². The van der Waals surface area contributed by atoms with Crippen molar-refractivity contribution >= 4 is 12.0 Å². The smallest absolute Gasteiger partial charge is 0.262 e. The number of carbonyl (C=O) groups is 1. The third-order valence-electron chi connectivity index (χ3n) is 5.25. The van der Waals surface area contributed by atoms with E-state index in [4.69, 9.17) is 14.2 Å². The Balaban J connectivity index is 1.51. The molecule has 1 aliphatic carbocycles. The Bertz CT molecular complexity index is 1020. The molecule has 1 N–H and O–H groups in total. The van der Waals surface area contributed by atoms with Crippen LogP contribution in [0.1, 0.15) is 35.1 Å². The van der Waals surface area contributed by atoms with Gasteiger partial charge < -0.3 is 19.5 Å². The molecule has 148 valence electrons. The summed E-state index contributed by atoms with van der Waals surface area (Å²) in [5.41, 5.74) is 4.21. The summed E-state index contributed by atoms with van der Waals surface area (Å²) in [6.07, 6.45) is 5.98. The fourth-order valence-electron chi connectivity index (χ4n) is 3.70. The molecule has 4 rings (SSSR count). The van der Waals surface area contributed by atoms with E-state index < -0.39 is 5.91 Å². The van der Waals surface area contributed by atoms with Crippen LogP contribution in [0, 0.1) is 11.3 Å². The fourth-order valence-corrected chi connectivity index (χ4v) is 3.70. The van der Waals surface area contributed by atoms with Crippen LogP contribution in [0.5, 0.6) is 17.2 Å². The molecule has 2 aliphatic rings. The fraction of sp³-hybridized carbons (Fsp3) is 0.304. The lowest BCUT2D eigenvalue weighted by Gasteiger charge is -2.18. The van der Waals surface area contributed by atoms with Crippen molar-refractivity contribution < 1.29 is 19.0 Å². The monoisotopic (exact) mass is 390 g/mol. The molecule has 0 spiro atoms. The van der Waals surface area contributed by atoms with Crippen molar-refractivity contribution in [2.45, 2.75) is 32.2 Å². The number of nitrogens with one attached hydrogen (secondary N) is 1. The Morgan fingerprint density at radius 2 is 1.93 bits per heavy atom. The van der Waals surface area contributed by atoms with Crippen LogP contribution in [0.2, 0.25) is 0 Å². The summed E-state index contributed by atoms with van der Waals surface area (Å²) in [5, 5.41) is 12.3. The van der Waals surface area contributed by atoms with E-state index >= 15 is 0 Å². The molecule has 0 saturated carbocycles. The van der Waals surface area contributed by atoms with Crippen molar-refractivity contribution in [1.82, 2.24) is 5.32 Å². The molecule has 0 fully saturated rings. The quantitative estimate of drug-likeness (QED) is 0.624. The van der Waals surface area contributed by atoms with Gasteiger partial charge in [0.15, 0.2) is 11.5 Å². The third-order valence-corrected chi connectivity index (χ3v) is 5.25. The first-order valence-electron chi connectivity index (χ1n) is 9.66. The molecule has 6 heteroatoms. The molecule has 2 aromatic rings. The lowest BCUT2D eigenvalue weighted by molar-refractivity contribution is -0.117. The van der Waals surface area contributed by atoms with E-state index in [1.807, 2.05) is 36.4 Å². The van der Waals surface area contributed by atoms with E-state index in [9.17, 15) is 10.1 Å². The van der Waals surface area contributed by atoms with Crippen molar-refractivity contribution in [3.63, 3.8) is 0 Å². The van der Waals surface area contributed by atoms with Gasteiger partial charge >= 0.3 is 0 Å². The number of nitriles is 1. The van der Waals surface area contributed by atoms with Crippen LogP contribution < -0.4 is 19.5 Å². The van der Waals surface area contributed by atoms with Gasteiger partial charge in [-0.1, -0.05) is 6.07 Å². The third kappa shape index (κ3) is 4.04. The molecule has 6 nitrogen and oxygen atoms in total.